The van der Waals surface area contributed by atoms with E-state index >= 15 is 0 Å². The standard InChI is InChI=1S/C15H24N2O.ClH/c1-3-13(2)15(18)17(12-10-16)11-9-14-7-5-4-6-8-14;/h4-8,13H,3,9-12,16H2,1-2H3;1H. The van der Waals surface area contributed by atoms with Gasteiger partial charge >= 0.3 is 0 Å². The molecule has 0 heterocycles. The average Bonchev–Trinajstić information content (AvgIpc) is 2.43. The fourth-order valence-electron chi connectivity index (χ4n) is 1.88. The molecule has 0 aromatic heterocycles. The Morgan fingerprint density at radius 3 is 2.42 bits per heavy atom. The fourth-order valence-corrected chi connectivity index (χ4v) is 1.88. The number of benzene rings is 1. The summed E-state index contributed by atoms with van der Waals surface area (Å²) in [6, 6.07) is 10.2. The molecule has 19 heavy (non-hydrogen) atoms. The summed E-state index contributed by atoms with van der Waals surface area (Å²) in [6.45, 7) is 5.95. The Bertz CT molecular complexity index is 356. The van der Waals surface area contributed by atoms with Gasteiger partial charge in [0.15, 0.2) is 0 Å². The maximum atomic E-state index is 12.2. The van der Waals surface area contributed by atoms with Gasteiger partial charge in [-0.1, -0.05) is 44.2 Å². The normalized spacial score (nSPS) is 11.5. The monoisotopic (exact) mass is 284 g/mol. The first kappa shape index (κ1) is 17.9. The van der Waals surface area contributed by atoms with E-state index in [2.05, 4.69) is 12.1 Å². The van der Waals surface area contributed by atoms with Crippen LogP contribution in [0, 0.1) is 5.92 Å². The molecule has 0 aliphatic heterocycles. The highest BCUT2D eigenvalue weighted by Gasteiger charge is 2.17. The van der Waals surface area contributed by atoms with Crippen LogP contribution in [-0.4, -0.2) is 30.4 Å². The Morgan fingerprint density at radius 2 is 1.89 bits per heavy atom. The molecule has 0 saturated heterocycles. The Morgan fingerprint density at radius 1 is 1.26 bits per heavy atom. The molecule has 0 aliphatic carbocycles. The number of hydrogen-bond donors (Lipinski definition) is 1. The largest absolute Gasteiger partial charge is 0.341 e. The Hall–Kier alpha value is -1.06. The molecule has 0 bridgehead atoms. The lowest BCUT2D eigenvalue weighted by atomic mass is 10.1. The number of rotatable bonds is 7. The Kier molecular flexibility index (Phi) is 9.27. The molecular formula is C15H25ClN2O. The summed E-state index contributed by atoms with van der Waals surface area (Å²) >= 11 is 0. The lowest BCUT2D eigenvalue weighted by Gasteiger charge is -2.25. The van der Waals surface area contributed by atoms with Crippen LogP contribution in [0.3, 0.4) is 0 Å². The second kappa shape index (κ2) is 9.82. The molecule has 1 amide bonds. The van der Waals surface area contributed by atoms with E-state index in [0.717, 1.165) is 19.4 Å². The highest BCUT2D eigenvalue weighted by molar-refractivity contribution is 5.85. The van der Waals surface area contributed by atoms with Gasteiger partial charge < -0.3 is 10.6 Å². The van der Waals surface area contributed by atoms with Crippen molar-refractivity contribution in [1.29, 1.82) is 0 Å². The molecule has 1 atom stereocenters. The van der Waals surface area contributed by atoms with Gasteiger partial charge in [-0.15, -0.1) is 12.4 Å². The molecule has 0 aliphatic rings. The topological polar surface area (TPSA) is 46.3 Å². The zero-order valence-electron chi connectivity index (χ0n) is 11.8. The molecule has 1 aromatic carbocycles. The molecule has 0 saturated carbocycles. The van der Waals surface area contributed by atoms with Crippen LogP contribution in [0.2, 0.25) is 0 Å². The first-order valence-electron chi connectivity index (χ1n) is 6.71. The van der Waals surface area contributed by atoms with Crippen molar-refractivity contribution in [2.24, 2.45) is 11.7 Å². The molecule has 1 aromatic rings. The average molecular weight is 285 g/mol. The Balaban J connectivity index is 0.00000324. The first-order chi connectivity index (χ1) is 8.69. The van der Waals surface area contributed by atoms with E-state index < -0.39 is 0 Å². The van der Waals surface area contributed by atoms with Gasteiger partial charge in [0.05, 0.1) is 0 Å². The molecule has 1 unspecified atom stereocenters. The number of nitrogens with zero attached hydrogens (tertiary/aromatic N) is 1. The lowest BCUT2D eigenvalue weighted by Crippen LogP contribution is -2.39. The van der Waals surface area contributed by atoms with Crippen molar-refractivity contribution in [2.45, 2.75) is 26.7 Å². The third kappa shape index (κ3) is 6.08. The summed E-state index contributed by atoms with van der Waals surface area (Å²) in [6.07, 6.45) is 1.77. The van der Waals surface area contributed by atoms with Crippen LogP contribution < -0.4 is 5.73 Å². The van der Waals surface area contributed by atoms with Gasteiger partial charge in [-0.2, -0.15) is 0 Å². The summed E-state index contributed by atoms with van der Waals surface area (Å²) < 4.78 is 0. The first-order valence-corrected chi connectivity index (χ1v) is 6.71. The molecule has 2 N–H and O–H groups in total. The molecule has 0 fully saturated rings. The Labute approximate surface area is 122 Å². The summed E-state index contributed by atoms with van der Waals surface area (Å²) in [5, 5.41) is 0. The third-order valence-electron chi connectivity index (χ3n) is 3.26. The minimum atomic E-state index is 0. The van der Waals surface area contributed by atoms with Crippen molar-refractivity contribution in [3.63, 3.8) is 0 Å². The van der Waals surface area contributed by atoms with E-state index in [-0.39, 0.29) is 24.2 Å². The molecular weight excluding hydrogens is 260 g/mol. The highest BCUT2D eigenvalue weighted by Crippen LogP contribution is 2.08. The van der Waals surface area contributed by atoms with Gasteiger partial charge in [-0.3, -0.25) is 4.79 Å². The zero-order valence-corrected chi connectivity index (χ0v) is 12.7. The minimum Gasteiger partial charge on any atom is -0.341 e. The third-order valence-corrected chi connectivity index (χ3v) is 3.26. The van der Waals surface area contributed by atoms with Gasteiger partial charge in [-0.25, -0.2) is 0 Å². The number of carbonyl (C=O) groups excluding carboxylic acids is 1. The van der Waals surface area contributed by atoms with E-state index in [0.29, 0.717) is 13.1 Å². The molecule has 0 spiro atoms. The lowest BCUT2D eigenvalue weighted by molar-refractivity contribution is -0.134. The predicted octanol–water partition coefficient (Wildman–Crippen LogP) is 2.48. The van der Waals surface area contributed by atoms with Crippen LogP contribution in [0.1, 0.15) is 25.8 Å². The van der Waals surface area contributed by atoms with Crippen LogP contribution in [0.4, 0.5) is 0 Å². The van der Waals surface area contributed by atoms with Crippen molar-refractivity contribution < 1.29 is 4.79 Å². The second-order valence-corrected chi connectivity index (χ2v) is 4.66. The van der Waals surface area contributed by atoms with Gasteiger partial charge in [0.25, 0.3) is 0 Å². The molecule has 108 valence electrons. The summed E-state index contributed by atoms with van der Waals surface area (Å²) in [4.78, 5) is 14.0. The van der Waals surface area contributed by atoms with E-state index in [1.54, 1.807) is 0 Å². The van der Waals surface area contributed by atoms with Crippen LogP contribution in [0.15, 0.2) is 30.3 Å². The highest BCUT2D eigenvalue weighted by atomic mass is 35.5. The smallest absolute Gasteiger partial charge is 0.225 e. The molecule has 0 radical (unpaired) electrons. The van der Waals surface area contributed by atoms with E-state index in [1.165, 1.54) is 5.56 Å². The van der Waals surface area contributed by atoms with Crippen molar-refractivity contribution in [2.75, 3.05) is 19.6 Å². The van der Waals surface area contributed by atoms with Crippen LogP contribution in [0.25, 0.3) is 0 Å². The van der Waals surface area contributed by atoms with Crippen molar-refractivity contribution >= 4 is 18.3 Å². The minimum absolute atomic E-state index is 0. The van der Waals surface area contributed by atoms with Crippen LogP contribution in [0.5, 0.6) is 0 Å². The van der Waals surface area contributed by atoms with E-state index in [9.17, 15) is 4.79 Å². The maximum absolute atomic E-state index is 12.2. The summed E-state index contributed by atoms with van der Waals surface area (Å²) in [7, 11) is 0. The molecule has 3 nitrogen and oxygen atoms in total. The number of carbonyl (C=O) groups is 1. The quantitative estimate of drug-likeness (QED) is 0.836. The van der Waals surface area contributed by atoms with Crippen molar-refractivity contribution in [3.8, 4) is 0 Å². The molecule has 1 rings (SSSR count). The number of halogens is 1. The SMILES string of the molecule is CCC(C)C(=O)N(CCN)CCc1ccccc1.Cl. The van der Waals surface area contributed by atoms with Gasteiger partial charge in [0.2, 0.25) is 5.91 Å². The number of nitrogens with two attached hydrogens (primary N) is 1. The van der Waals surface area contributed by atoms with Gasteiger partial charge in [0, 0.05) is 25.6 Å². The summed E-state index contributed by atoms with van der Waals surface area (Å²) in [5.41, 5.74) is 6.84. The van der Waals surface area contributed by atoms with Gasteiger partial charge in [0.1, 0.15) is 0 Å². The fraction of sp³-hybridized carbons (Fsp3) is 0.533. The second-order valence-electron chi connectivity index (χ2n) is 4.66. The van der Waals surface area contributed by atoms with Crippen molar-refractivity contribution in [1.82, 2.24) is 4.90 Å². The van der Waals surface area contributed by atoms with Crippen molar-refractivity contribution in [3.05, 3.63) is 35.9 Å². The predicted molar refractivity (Wildman–Crippen MR) is 82.5 cm³/mol. The van der Waals surface area contributed by atoms with E-state index in [1.807, 2.05) is 36.9 Å². The summed E-state index contributed by atoms with van der Waals surface area (Å²) in [5.74, 6) is 0.311. The van der Waals surface area contributed by atoms with Crippen LogP contribution >= 0.6 is 12.4 Å². The van der Waals surface area contributed by atoms with Gasteiger partial charge in [-0.05, 0) is 18.4 Å². The number of hydrogen-bond acceptors (Lipinski definition) is 2. The van der Waals surface area contributed by atoms with E-state index in [4.69, 9.17) is 5.73 Å². The maximum Gasteiger partial charge on any atom is 0.225 e. The van der Waals surface area contributed by atoms with Crippen LogP contribution in [-0.2, 0) is 11.2 Å². The number of amides is 1. The zero-order chi connectivity index (χ0) is 13.4. The molecule has 4 heteroatoms.